The SMILES string of the molecule is CNC(=O)CCOCCOCCOCCOCCOCCOCCOCCOCCOCCOCCOCCOCCOCCOCCOCCOCCOCCOCCOCCOCCOCCOCCOCCOCCN=[N+]=[N-]. The van der Waals surface area contributed by atoms with E-state index in [2.05, 4.69) is 15.3 Å². The van der Waals surface area contributed by atoms with Crippen LogP contribution in [0.2, 0.25) is 0 Å². The Kier molecular flexibility index (Phi) is 73.8. The number of nitrogens with zero attached hydrogens (tertiary/aromatic N) is 3. The molecule has 1 amide bonds. The molecule has 0 unspecified atom stereocenters. The smallest absolute Gasteiger partial charge is 0.222 e. The third kappa shape index (κ3) is 75.8. The average Bonchev–Trinajstić information content (AvgIpc) is 3.48. The molecule has 0 aromatic rings. The summed E-state index contributed by atoms with van der Waals surface area (Å²) in [6, 6.07) is 0. The van der Waals surface area contributed by atoms with Gasteiger partial charge in [0.1, 0.15) is 0 Å². The van der Waals surface area contributed by atoms with E-state index in [0.29, 0.717) is 330 Å². The Morgan fingerprint density at radius 2 is 0.370 bits per heavy atom. The van der Waals surface area contributed by atoms with E-state index < -0.39 is 0 Å². The third-order valence-corrected chi connectivity index (χ3v) is 9.71. The van der Waals surface area contributed by atoms with Crippen molar-refractivity contribution in [3.63, 3.8) is 0 Å². The Morgan fingerprint density at radius 1 is 0.247 bits per heavy atom. The van der Waals surface area contributed by atoms with E-state index in [1.165, 1.54) is 0 Å². The molecule has 0 aromatic heterocycles. The van der Waals surface area contributed by atoms with Gasteiger partial charge in [-0.25, -0.2) is 0 Å². The highest BCUT2D eigenvalue weighted by molar-refractivity contribution is 5.75. The zero-order valence-electron chi connectivity index (χ0n) is 48.9. The average molecular weight is 1190 g/mol. The lowest BCUT2D eigenvalue weighted by atomic mass is 10.4. The second-order valence-electron chi connectivity index (χ2n) is 16.1. The highest BCUT2D eigenvalue weighted by Crippen LogP contribution is 1.92. The Bertz CT molecular complexity index is 1230. The molecule has 0 fully saturated rings. The van der Waals surface area contributed by atoms with Gasteiger partial charge in [0.2, 0.25) is 5.91 Å². The molecule has 0 radical (unpaired) electrons. The van der Waals surface area contributed by atoms with Gasteiger partial charge in [-0.2, -0.15) is 0 Å². The molecule has 0 heterocycles. The first-order valence-corrected chi connectivity index (χ1v) is 28.4. The van der Waals surface area contributed by atoms with Gasteiger partial charge in [-0.05, 0) is 5.53 Å². The zero-order chi connectivity index (χ0) is 58.0. The molecule has 0 saturated carbocycles. The first-order valence-electron chi connectivity index (χ1n) is 28.4. The minimum Gasteiger partial charge on any atom is -0.379 e. The molecule has 482 valence electrons. The van der Waals surface area contributed by atoms with Crippen LogP contribution in [0.15, 0.2) is 5.11 Å². The van der Waals surface area contributed by atoms with Crippen LogP contribution in [0.4, 0.5) is 0 Å². The molecule has 81 heavy (non-hydrogen) atoms. The third-order valence-electron chi connectivity index (χ3n) is 9.71. The van der Waals surface area contributed by atoms with Crippen LogP contribution in [0.5, 0.6) is 0 Å². The summed E-state index contributed by atoms with van der Waals surface area (Å²) in [6.45, 7) is 23.1. The molecular weight excluding hydrogens is 1080 g/mol. The molecule has 29 heteroatoms. The maximum atomic E-state index is 11.1. The van der Waals surface area contributed by atoms with Crippen molar-refractivity contribution in [3.05, 3.63) is 10.4 Å². The van der Waals surface area contributed by atoms with Crippen molar-refractivity contribution in [1.29, 1.82) is 0 Å². The minimum absolute atomic E-state index is 0.0424. The number of rotatable bonds is 75. The molecule has 0 aliphatic heterocycles. The van der Waals surface area contributed by atoms with Crippen molar-refractivity contribution >= 4 is 5.91 Å². The molecule has 0 bridgehead atoms. The second kappa shape index (κ2) is 75.8. The summed E-state index contributed by atoms with van der Waals surface area (Å²) in [5, 5.41) is 5.92. The summed E-state index contributed by atoms with van der Waals surface area (Å²) >= 11 is 0. The van der Waals surface area contributed by atoms with Gasteiger partial charge in [-0.15, -0.1) is 0 Å². The van der Waals surface area contributed by atoms with E-state index >= 15 is 0 Å². The number of ether oxygens (including phenoxy) is 24. The molecule has 0 aliphatic carbocycles. The van der Waals surface area contributed by atoms with Gasteiger partial charge in [0.25, 0.3) is 0 Å². The van der Waals surface area contributed by atoms with Crippen LogP contribution in [-0.4, -0.2) is 337 Å². The molecule has 0 rings (SSSR count). The van der Waals surface area contributed by atoms with Crippen LogP contribution in [-0.2, 0) is 118 Å². The fourth-order valence-corrected chi connectivity index (χ4v) is 5.60. The van der Waals surface area contributed by atoms with Gasteiger partial charge >= 0.3 is 0 Å². The summed E-state index contributed by atoms with van der Waals surface area (Å²) < 4.78 is 131. The lowest BCUT2D eigenvalue weighted by molar-refractivity contribution is -0.121. The van der Waals surface area contributed by atoms with Crippen LogP contribution in [0.25, 0.3) is 10.4 Å². The number of hydrogen-bond donors (Lipinski definition) is 1. The van der Waals surface area contributed by atoms with Crippen molar-refractivity contribution in [3.8, 4) is 0 Å². The fourth-order valence-electron chi connectivity index (χ4n) is 5.60. The second-order valence-corrected chi connectivity index (χ2v) is 16.1. The maximum Gasteiger partial charge on any atom is 0.222 e. The summed E-state index contributed by atoms with van der Waals surface area (Å²) in [4.78, 5) is 13.7. The standard InChI is InChI=1S/C52H104N4O25/c1-54-52(57)2-4-58-6-8-60-10-12-62-14-16-64-18-20-66-22-24-68-26-28-70-30-32-72-34-36-74-38-40-76-42-44-78-46-48-80-50-51-81-49-47-79-45-43-77-41-39-75-37-35-73-33-31-71-29-27-69-25-23-67-21-19-65-17-15-63-13-11-61-9-7-59-5-3-55-56-53/h2-51H2,1H3,(H,54,57). The molecule has 0 saturated heterocycles. The first kappa shape index (κ1) is 78.8. The summed E-state index contributed by atoms with van der Waals surface area (Å²) in [7, 11) is 1.60. The summed E-state index contributed by atoms with van der Waals surface area (Å²) in [5.74, 6) is -0.0424. The minimum atomic E-state index is -0.0424. The number of carbonyl (C=O) groups excluding carboxylic acids is 1. The number of carbonyl (C=O) groups is 1. The predicted octanol–water partition coefficient (Wildman–Crippen LogP) is 0.831. The Hall–Kier alpha value is -2.18. The van der Waals surface area contributed by atoms with E-state index in [-0.39, 0.29) is 5.91 Å². The van der Waals surface area contributed by atoms with Gasteiger partial charge in [0, 0.05) is 24.9 Å². The van der Waals surface area contributed by atoms with Crippen molar-refractivity contribution in [2.45, 2.75) is 6.42 Å². The summed E-state index contributed by atoms with van der Waals surface area (Å²) in [5.41, 5.74) is 8.17. The van der Waals surface area contributed by atoms with Crippen LogP contribution < -0.4 is 5.32 Å². The lowest BCUT2D eigenvalue weighted by Crippen LogP contribution is -2.20. The Balaban J connectivity index is 3.09. The maximum absolute atomic E-state index is 11.1. The highest BCUT2D eigenvalue weighted by Gasteiger charge is 2.01. The van der Waals surface area contributed by atoms with Crippen molar-refractivity contribution in [1.82, 2.24) is 5.32 Å². The zero-order valence-corrected chi connectivity index (χ0v) is 48.9. The van der Waals surface area contributed by atoms with Gasteiger partial charge in [-0.3, -0.25) is 4.79 Å². The molecule has 0 atom stereocenters. The fraction of sp³-hybridized carbons (Fsp3) is 0.981. The number of nitrogens with one attached hydrogen (secondary N) is 1. The largest absolute Gasteiger partial charge is 0.379 e. The summed E-state index contributed by atoms with van der Waals surface area (Å²) in [6.07, 6.45) is 0.347. The van der Waals surface area contributed by atoms with Gasteiger partial charge in [0.05, 0.1) is 317 Å². The molecule has 0 aliphatic rings. The van der Waals surface area contributed by atoms with E-state index in [4.69, 9.17) is 119 Å². The molecular formula is C52H104N4O25. The lowest BCUT2D eigenvalue weighted by Gasteiger charge is -2.09. The number of hydrogen-bond acceptors (Lipinski definition) is 26. The predicted molar refractivity (Wildman–Crippen MR) is 292 cm³/mol. The Morgan fingerprint density at radius 3 is 0.494 bits per heavy atom. The van der Waals surface area contributed by atoms with Crippen LogP contribution in [0.1, 0.15) is 6.42 Å². The molecule has 29 nitrogen and oxygen atoms in total. The van der Waals surface area contributed by atoms with Crippen molar-refractivity contribution < 1.29 is 118 Å². The van der Waals surface area contributed by atoms with Gasteiger partial charge in [0.15, 0.2) is 0 Å². The van der Waals surface area contributed by atoms with Crippen LogP contribution in [0, 0.1) is 0 Å². The molecule has 0 spiro atoms. The molecule has 0 aromatic carbocycles. The first-order chi connectivity index (χ1) is 40.3. The number of amides is 1. The van der Waals surface area contributed by atoms with Crippen molar-refractivity contribution in [2.24, 2.45) is 5.11 Å². The van der Waals surface area contributed by atoms with Crippen LogP contribution in [0.3, 0.4) is 0 Å². The normalized spacial score (nSPS) is 11.5. The van der Waals surface area contributed by atoms with E-state index in [1.54, 1.807) is 7.05 Å². The van der Waals surface area contributed by atoms with E-state index in [1.807, 2.05) is 0 Å². The number of azide groups is 1. The van der Waals surface area contributed by atoms with Crippen molar-refractivity contribution in [2.75, 3.05) is 331 Å². The van der Waals surface area contributed by atoms with E-state index in [9.17, 15) is 4.79 Å². The van der Waals surface area contributed by atoms with Gasteiger partial charge in [-0.1, -0.05) is 5.11 Å². The highest BCUT2D eigenvalue weighted by atomic mass is 16.6. The Labute approximate surface area is 481 Å². The monoisotopic (exact) mass is 1180 g/mol. The van der Waals surface area contributed by atoms with Gasteiger partial charge < -0.3 is 119 Å². The van der Waals surface area contributed by atoms with Crippen LogP contribution >= 0.6 is 0 Å². The molecule has 1 N–H and O–H groups in total. The van der Waals surface area contributed by atoms with E-state index in [0.717, 1.165) is 0 Å². The quantitative estimate of drug-likeness (QED) is 0.0382. The topological polar surface area (TPSA) is 299 Å².